The van der Waals surface area contributed by atoms with Gasteiger partial charge in [0.25, 0.3) is 0 Å². The number of anilines is 1. The summed E-state index contributed by atoms with van der Waals surface area (Å²) in [7, 11) is 0. The van der Waals surface area contributed by atoms with Crippen LogP contribution in [0.1, 0.15) is 28.3 Å². The van der Waals surface area contributed by atoms with E-state index in [0.717, 1.165) is 39.3 Å². The lowest BCUT2D eigenvalue weighted by Gasteiger charge is -2.28. The summed E-state index contributed by atoms with van der Waals surface area (Å²) in [5.41, 5.74) is 4.69. The van der Waals surface area contributed by atoms with Gasteiger partial charge in [0.05, 0.1) is 29.6 Å². The van der Waals surface area contributed by atoms with Crippen molar-refractivity contribution in [3.63, 3.8) is 0 Å². The molecule has 0 radical (unpaired) electrons. The Morgan fingerprint density at radius 2 is 2.06 bits per heavy atom. The summed E-state index contributed by atoms with van der Waals surface area (Å²) in [4.78, 5) is 9.95. The number of H-pyrrole nitrogens is 1. The second-order valence-corrected chi connectivity index (χ2v) is 8.31. The molecule has 0 aliphatic carbocycles. The lowest BCUT2D eigenvalue weighted by molar-refractivity contribution is 0.313. The molecule has 0 aliphatic rings. The highest BCUT2D eigenvalue weighted by atomic mass is 32.1. The Hall–Kier alpha value is -3.65. The maximum absolute atomic E-state index is 5.43. The third-order valence-corrected chi connectivity index (χ3v) is 6.34. The van der Waals surface area contributed by atoms with Crippen molar-refractivity contribution >= 4 is 28.1 Å². The largest absolute Gasteiger partial charge is 0.372 e. The van der Waals surface area contributed by atoms with Crippen LogP contribution in [0.25, 0.3) is 11.0 Å². The van der Waals surface area contributed by atoms with Gasteiger partial charge in [0.2, 0.25) is 0 Å². The first-order valence-corrected chi connectivity index (χ1v) is 10.9. The molecule has 4 N–H and O–H groups in total. The smallest absolute Gasteiger partial charge is 0.102 e. The van der Waals surface area contributed by atoms with Crippen LogP contribution in [0.15, 0.2) is 89.7 Å². The number of rotatable bonds is 9. The van der Waals surface area contributed by atoms with Crippen LogP contribution in [0.2, 0.25) is 0 Å². The molecule has 0 fully saturated rings. The summed E-state index contributed by atoms with van der Waals surface area (Å²) in [5, 5.41) is 13.1. The maximum Gasteiger partial charge on any atom is 0.102 e. The summed E-state index contributed by atoms with van der Waals surface area (Å²) in [5.74, 6) is 5.43. The Bertz CT molecular complexity index is 1180. The zero-order chi connectivity index (χ0) is 21.6. The fourth-order valence-electron chi connectivity index (χ4n) is 3.40. The van der Waals surface area contributed by atoms with E-state index >= 15 is 0 Å². The van der Waals surface area contributed by atoms with E-state index in [-0.39, 0.29) is 6.04 Å². The number of imidazole rings is 1. The highest BCUT2D eigenvalue weighted by molar-refractivity contribution is 7.12. The number of aryl methyl sites for hydroxylation is 1. The van der Waals surface area contributed by atoms with E-state index in [1.165, 1.54) is 4.88 Å². The highest BCUT2D eigenvalue weighted by Gasteiger charge is 2.23. The molecule has 158 valence electrons. The molecule has 0 bridgehead atoms. The van der Waals surface area contributed by atoms with Gasteiger partial charge in [0, 0.05) is 15.4 Å². The zero-order valence-electron chi connectivity index (χ0n) is 17.3. The average Bonchev–Trinajstić information content (AvgIpc) is 3.46. The van der Waals surface area contributed by atoms with Gasteiger partial charge in [-0.05, 0) is 47.5 Å². The lowest BCUT2D eigenvalue weighted by Crippen LogP contribution is -2.24. The van der Waals surface area contributed by atoms with Crippen molar-refractivity contribution in [2.45, 2.75) is 25.9 Å². The molecule has 0 saturated heterocycles. The van der Waals surface area contributed by atoms with Crippen LogP contribution in [0.3, 0.4) is 0 Å². The van der Waals surface area contributed by atoms with E-state index < -0.39 is 0 Å². The van der Waals surface area contributed by atoms with Crippen LogP contribution in [0, 0.1) is 0 Å². The lowest BCUT2D eigenvalue weighted by atomic mass is 10.1. The second-order valence-electron chi connectivity index (χ2n) is 7.11. The predicted molar refractivity (Wildman–Crippen MR) is 126 cm³/mol. The fraction of sp³-hybridized carbons (Fsp3) is 0.174. The van der Waals surface area contributed by atoms with Crippen molar-refractivity contribution in [2.75, 3.05) is 5.32 Å². The molecule has 2 aromatic heterocycles. The Balaban J connectivity index is 1.66. The highest BCUT2D eigenvalue weighted by Crippen LogP contribution is 2.34. The van der Waals surface area contributed by atoms with Crippen molar-refractivity contribution in [3.8, 4) is 0 Å². The molecule has 7 nitrogen and oxygen atoms in total. The van der Waals surface area contributed by atoms with Gasteiger partial charge < -0.3 is 16.1 Å². The Labute approximate surface area is 185 Å². The minimum atomic E-state index is -0.198. The third kappa shape index (κ3) is 4.75. The maximum atomic E-state index is 5.43. The van der Waals surface area contributed by atoms with Gasteiger partial charge in [0.1, 0.15) is 6.04 Å². The minimum absolute atomic E-state index is 0.198. The standard InChI is InChI=1S/C23H25N7S/c1-3-19-10-12-22(31-19)23(27-18-9-11-20-21(13-18)26-15-25-20)16(2)30(29-28-24)14-17-7-5-4-6-8-17/h4-13,15,23,27H,2-3,14H2,1H3,(H2,24,29)(H,25,26). The first-order chi connectivity index (χ1) is 15.2. The van der Waals surface area contributed by atoms with E-state index in [1.807, 2.05) is 48.5 Å². The number of hydrogen-bond donors (Lipinski definition) is 3. The van der Waals surface area contributed by atoms with Gasteiger partial charge in [-0.3, -0.25) is 0 Å². The molecule has 0 saturated carbocycles. The van der Waals surface area contributed by atoms with E-state index in [2.05, 4.69) is 51.4 Å². The molecule has 4 rings (SSSR count). The number of aromatic amines is 1. The number of fused-ring (bicyclic) bond motifs is 1. The molecule has 0 spiro atoms. The number of benzene rings is 2. The number of nitrogens with two attached hydrogens (primary N) is 1. The molecular weight excluding hydrogens is 406 g/mol. The van der Waals surface area contributed by atoms with Crippen molar-refractivity contribution in [1.29, 1.82) is 0 Å². The molecule has 31 heavy (non-hydrogen) atoms. The topological polar surface area (TPSA) is 94.7 Å². The van der Waals surface area contributed by atoms with Crippen LogP contribution in [0.5, 0.6) is 0 Å². The first kappa shape index (κ1) is 20.6. The summed E-state index contributed by atoms with van der Waals surface area (Å²) < 4.78 is 0. The van der Waals surface area contributed by atoms with Crippen LogP contribution >= 0.6 is 11.3 Å². The first-order valence-electron chi connectivity index (χ1n) is 10.1. The minimum Gasteiger partial charge on any atom is -0.372 e. The van der Waals surface area contributed by atoms with Gasteiger partial charge in [0.15, 0.2) is 0 Å². The van der Waals surface area contributed by atoms with E-state index in [0.29, 0.717) is 6.54 Å². The zero-order valence-corrected chi connectivity index (χ0v) is 18.1. The monoisotopic (exact) mass is 431 g/mol. The van der Waals surface area contributed by atoms with Gasteiger partial charge in [-0.1, -0.05) is 49.1 Å². The number of thiophene rings is 1. The Kier molecular flexibility index (Phi) is 6.28. The van der Waals surface area contributed by atoms with Crippen molar-refractivity contribution in [3.05, 3.63) is 94.6 Å². The molecule has 1 unspecified atom stereocenters. The average molecular weight is 432 g/mol. The van der Waals surface area contributed by atoms with Crippen LogP contribution in [-0.4, -0.2) is 15.0 Å². The second kappa shape index (κ2) is 9.44. The molecule has 1 atom stereocenters. The van der Waals surface area contributed by atoms with E-state index in [1.54, 1.807) is 22.7 Å². The van der Waals surface area contributed by atoms with Gasteiger partial charge in [-0.2, -0.15) is 0 Å². The number of hydrogen-bond acceptors (Lipinski definition) is 5. The fourth-order valence-corrected chi connectivity index (χ4v) is 4.44. The Morgan fingerprint density at radius 3 is 2.81 bits per heavy atom. The number of nitrogens with one attached hydrogen (secondary N) is 2. The van der Waals surface area contributed by atoms with Crippen LogP contribution in [0.4, 0.5) is 5.69 Å². The van der Waals surface area contributed by atoms with Crippen LogP contribution in [-0.2, 0) is 13.0 Å². The Morgan fingerprint density at radius 1 is 1.23 bits per heavy atom. The molecule has 0 aliphatic heterocycles. The van der Waals surface area contributed by atoms with E-state index in [4.69, 9.17) is 5.84 Å². The summed E-state index contributed by atoms with van der Waals surface area (Å²) in [6.45, 7) is 7.04. The van der Waals surface area contributed by atoms with Gasteiger partial charge in [-0.15, -0.1) is 11.3 Å². The molecule has 2 heterocycles. The normalized spacial score (nSPS) is 12.3. The van der Waals surface area contributed by atoms with Gasteiger partial charge in [-0.25, -0.2) is 9.99 Å². The van der Waals surface area contributed by atoms with E-state index in [9.17, 15) is 0 Å². The summed E-state index contributed by atoms with van der Waals surface area (Å²) in [6.07, 6.45) is 2.68. The van der Waals surface area contributed by atoms with Crippen molar-refractivity contribution in [2.24, 2.45) is 16.3 Å². The molecular formula is C23H25N7S. The van der Waals surface area contributed by atoms with Gasteiger partial charge >= 0.3 is 0 Å². The quantitative estimate of drug-likeness (QED) is 0.183. The number of nitrogens with zero attached hydrogens (tertiary/aromatic N) is 4. The molecule has 8 heteroatoms. The van der Waals surface area contributed by atoms with Crippen LogP contribution < -0.4 is 11.2 Å². The third-order valence-electron chi connectivity index (χ3n) is 5.05. The van der Waals surface area contributed by atoms with Crippen molar-refractivity contribution < 1.29 is 0 Å². The summed E-state index contributed by atoms with van der Waals surface area (Å²) >= 11 is 1.76. The van der Waals surface area contributed by atoms with Crippen molar-refractivity contribution in [1.82, 2.24) is 15.0 Å². The molecule has 2 aromatic carbocycles. The SMILES string of the molecule is C=C(C(Nc1ccc2[nH]cnc2c1)c1ccc(CC)s1)N(Cc1ccccc1)/N=N\N. The molecule has 0 amide bonds. The predicted octanol–water partition coefficient (Wildman–Crippen LogP) is 5.60. The summed E-state index contributed by atoms with van der Waals surface area (Å²) in [6, 6.07) is 20.2. The number of aromatic nitrogens is 2. The molecule has 4 aromatic rings.